The molecule has 1 aliphatic heterocycles. The molecule has 0 saturated carbocycles. The predicted molar refractivity (Wildman–Crippen MR) is 105 cm³/mol. The van der Waals surface area contributed by atoms with Crippen molar-refractivity contribution in [2.24, 2.45) is 17.4 Å². The molecule has 0 aromatic rings. The van der Waals surface area contributed by atoms with E-state index in [4.69, 9.17) is 21.7 Å². The van der Waals surface area contributed by atoms with Crippen LogP contribution in [0.5, 0.6) is 0 Å². The van der Waals surface area contributed by atoms with Gasteiger partial charge >= 0.3 is 5.97 Å². The molecule has 12 heteroatoms. The summed E-state index contributed by atoms with van der Waals surface area (Å²) in [6, 6.07) is -4.60. The highest BCUT2D eigenvalue weighted by atomic mass is 16.4. The zero-order valence-corrected chi connectivity index (χ0v) is 17.2. The zero-order valence-electron chi connectivity index (χ0n) is 17.2. The van der Waals surface area contributed by atoms with Crippen LogP contribution < -0.4 is 22.1 Å². The molecule has 0 spiro atoms. The third-order valence-electron chi connectivity index (χ3n) is 5.17. The van der Waals surface area contributed by atoms with Crippen LogP contribution in [0.4, 0.5) is 0 Å². The third kappa shape index (κ3) is 6.66. The minimum absolute atomic E-state index is 0.273. The van der Waals surface area contributed by atoms with E-state index < -0.39 is 60.4 Å². The Morgan fingerprint density at radius 2 is 1.83 bits per heavy atom. The van der Waals surface area contributed by atoms with Crippen LogP contribution in [-0.4, -0.2) is 82.0 Å². The number of nitrogens with two attached hydrogens (primary N) is 2. The molecule has 1 heterocycles. The highest BCUT2D eigenvalue weighted by Gasteiger charge is 2.39. The number of carboxylic acids is 1. The minimum Gasteiger partial charge on any atom is -0.480 e. The van der Waals surface area contributed by atoms with Gasteiger partial charge in [0.15, 0.2) is 0 Å². The summed E-state index contributed by atoms with van der Waals surface area (Å²) in [4.78, 5) is 61.3. The van der Waals surface area contributed by atoms with Gasteiger partial charge in [-0.2, -0.15) is 0 Å². The quantitative estimate of drug-likeness (QED) is 0.203. The van der Waals surface area contributed by atoms with Gasteiger partial charge in [0.25, 0.3) is 0 Å². The van der Waals surface area contributed by atoms with Gasteiger partial charge in [0, 0.05) is 6.54 Å². The Morgan fingerprint density at radius 3 is 2.33 bits per heavy atom. The molecule has 0 bridgehead atoms. The van der Waals surface area contributed by atoms with Crippen molar-refractivity contribution < 1.29 is 34.2 Å². The van der Waals surface area contributed by atoms with Gasteiger partial charge in [-0.1, -0.05) is 20.3 Å². The first-order valence-electron chi connectivity index (χ1n) is 9.82. The smallest absolute Gasteiger partial charge is 0.328 e. The number of aliphatic hydroxyl groups is 1. The molecule has 170 valence electrons. The van der Waals surface area contributed by atoms with E-state index in [2.05, 4.69) is 10.6 Å². The van der Waals surface area contributed by atoms with Gasteiger partial charge in [-0.15, -0.1) is 0 Å². The number of aliphatic carboxylic acids is 1. The summed E-state index contributed by atoms with van der Waals surface area (Å²) >= 11 is 0. The zero-order chi connectivity index (χ0) is 23.0. The van der Waals surface area contributed by atoms with Crippen molar-refractivity contribution in [2.45, 2.75) is 63.7 Å². The summed E-state index contributed by atoms with van der Waals surface area (Å²) in [5, 5.41) is 22.9. The van der Waals surface area contributed by atoms with E-state index in [1.165, 1.54) is 4.90 Å². The molecule has 1 saturated heterocycles. The molecule has 1 rings (SSSR count). The number of rotatable bonds is 11. The van der Waals surface area contributed by atoms with E-state index in [1.54, 1.807) is 13.8 Å². The molecular weight excluding hydrogens is 398 g/mol. The lowest BCUT2D eigenvalue weighted by molar-refractivity contribution is -0.144. The fourth-order valence-corrected chi connectivity index (χ4v) is 3.22. The second-order valence-corrected chi connectivity index (χ2v) is 7.42. The van der Waals surface area contributed by atoms with Crippen LogP contribution in [0.1, 0.15) is 39.5 Å². The number of aliphatic hydroxyl groups excluding tert-OH is 1. The molecular formula is C18H31N5O7. The first-order chi connectivity index (χ1) is 14.0. The number of nitrogens with zero attached hydrogens (tertiary/aromatic N) is 1. The molecule has 5 atom stereocenters. The maximum atomic E-state index is 12.8. The molecule has 8 N–H and O–H groups in total. The summed E-state index contributed by atoms with van der Waals surface area (Å²) in [5.41, 5.74) is 10.8. The van der Waals surface area contributed by atoms with Crippen molar-refractivity contribution in [1.82, 2.24) is 15.5 Å². The number of carboxylic acid groups (broad SMARTS) is 1. The standard InChI is InChI=1S/C18H31N5O7/c1-3-9(2)14(16(27)21-11(8-24)18(29)30)22-15(26)12-5-4-6-23(12)17(28)10(19)7-13(20)25/h9-12,14,24H,3-8,19H2,1-2H3,(H2,20,25)(H,21,27)(H,22,26)(H,29,30). The summed E-state index contributed by atoms with van der Waals surface area (Å²) in [6.45, 7) is 2.98. The van der Waals surface area contributed by atoms with Gasteiger partial charge in [-0.05, 0) is 18.8 Å². The monoisotopic (exact) mass is 429 g/mol. The van der Waals surface area contributed by atoms with Crippen LogP contribution in [0.2, 0.25) is 0 Å². The highest BCUT2D eigenvalue weighted by Crippen LogP contribution is 2.20. The first-order valence-corrected chi connectivity index (χ1v) is 9.82. The van der Waals surface area contributed by atoms with Crippen LogP contribution in [0.3, 0.4) is 0 Å². The molecule has 0 radical (unpaired) electrons. The van der Waals surface area contributed by atoms with Crippen molar-refractivity contribution in [2.75, 3.05) is 13.2 Å². The van der Waals surface area contributed by atoms with Crippen LogP contribution in [0.15, 0.2) is 0 Å². The topological polar surface area (TPSA) is 205 Å². The number of carbonyl (C=O) groups is 5. The molecule has 1 aliphatic rings. The number of hydrogen-bond donors (Lipinski definition) is 6. The van der Waals surface area contributed by atoms with Crippen LogP contribution in [0, 0.1) is 5.92 Å². The van der Waals surface area contributed by atoms with Crippen LogP contribution in [0.25, 0.3) is 0 Å². The second-order valence-electron chi connectivity index (χ2n) is 7.42. The fraction of sp³-hybridized carbons (Fsp3) is 0.722. The highest BCUT2D eigenvalue weighted by molar-refractivity contribution is 5.95. The number of carbonyl (C=O) groups excluding carboxylic acids is 4. The van der Waals surface area contributed by atoms with Gasteiger partial charge < -0.3 is 37.2 Å². The Hall–Kier alpha value is -2.73. The van der Waals surface area contributed by atoms with E-state index in [1.807, 2.05) is 0 Å². The van der Waals surface area contributed by atoms with Gasteiger partial charge in [-0.25, -0.2) is 4.79 Å². The fourth-order valence-electron chi connectivity index (χ4n) is 3.22. The Bertz CT molecular complexity index is 671. The molecule has 30 heavy (non-hydrogen) atoms. The van der Waals surface area contributed by atoms with Gasteiger partial charge in [0.05, 0.1) is 19.1 Å². The van der Waals surface area contributed by atoms with Crippen molar-refractivity contribution in [3.05, 3.63) is 0 Å². The lowest BCUT2D eigenvalue weighted by atomic mass is 9.97. The van der Waals surface area contributed by atoms with Crippen molar-refractivity contribution >= 4 is 29.6 Å². The molecule has 0 aromatic carbocycles. The Balaban J connectivity index is 2.92. The lowest BCUT2D eigenvalue weighted by Gasteiger charge is -2.30. The largest absolute Gasteiger partial charge is 0.480 e. The third-order valence-corrected chi connectivity index (χ3v) is 5.17. The first kappa shape index (κ1) is 25.3. The Morgan fingerprint density at radius 1 is 1.20 bits per heavy atom. The van der Waals surface area contributed by atoms with Crippen LogP contribution in [-0.2, 0) is 24.0 Å². The van der Waals surface area contributed by atoms with E-state index >= 15 is 0 Å². The molecule has 0 aromatic heterocycles. The second kappa shape index (κ2) is 11.5. The number of nitrogens with one attached hydrogen (secondary N) is 2. The van der Waals surface area contributed by atoms with Crippen LogP contribution >= 0.6 is 0 Å². The minimum atomic E-state index is -1.50. The van der Waals surface area contributed by atoms with Crippen molar-refractivity contribution in [3.63, 3.8) is 0 Å². The van der Waals surface area contributed by atoms with E-state index in [0.717, 1.165) is 0 Å². The number of hydrogen-bond acceptors (Lipinski definition) is 7. The number of primary amides is 1. The van der Waals surface area contributed by atoms with Crippen molar-refractivity contribution in [3.8, 4) is 0 Å². The lowest BCUT2D eigenvalue weighted by Crippen LogP contribution is -2.58. The number of likely N-dealkylation sites (tertiary alicyclic amines) is 1. The Kier molecular flexibility index (Phi) is 9.66. The molecule has 12 nitrogen and oxygen atoms in total. The van der Waals surface area contributed by atoms with E-state index in [9.17, 15) is 24.0 Å². The predicted octanol–water partition coefficient (Wildman–Crippen LogP) is -2.73. The molecule has 0 aliphatic carbocycles. The molecule has 1 fully saturated rings. The average Bonchev–Trinajstić information content (AvgIpc) is 3.17. The van der Waals surface area contributed by atoms with Gasteiger partial charge in [0.1, 0.15) is 18.1 Å². The summed E-state index contributed by atoms with van der Waals surface area (Å²) in [5.74, 6) is -4.40. The van der Waals surface area contributed by atoms with Gasteiger partial charge in [-0.3, -0.25) is 19.2 Å². The average molecular weight is 429 g/mol. The van der Waals surface area contributed by atoms with E-state index in [0.29, 0.717) is 19.3 Å². The summed E-state index contributed by atoms with van der Waals surface area (Å²) in [7, 11) is 0. The number of amides is 4. The molecule has 4 amide bonds. The summed E-state index contributed by atoms with van der Waals surface area (Å²) < 4.78 is 0. The molecule has 5 unspecified atom stereocenters. The normalized spacial score (nSPS) is 20.0. The SMILES string of the molecule is CCC(C)C(NC(=O)C1CCCN1C(=O)C(N)CC(N)=O)C(=O)NC(CO)C(=O)O. The Labute approximate surface area is 174 Å². The van der Waals surface area contributed by atoms with E-state index in [-0.39, 0.29) is 18.9 Å². The summed E-state index contributed by atoms with van der Waals surface area (Å²) in [6.07, 6.45) is 1.05. The van der Waals surface area contributed by atoms with Gasteiger partial charge in [0.2, 0.25) is 23.6 Å². The van der Waals surface area contributed by atoms with Crippen molar-refractivity contribution in [1.29, 1.82) is 0 Å². The maximum absolute atomic E-state index is 12.8. The maximum Gasteiger partial charge on any atom is 0.328 e.